The summed E-state index contributed by atoms with van der Waals surface area (Å²) in [6.07, 6.45) is 5.05. The maximum Gasteiger partial charge on any atom is 0.239 e. The minimum Gasteiger partial charge on any atom is -0.385 e. The number of ether oxygens (including phenoxy) is 1. The van der Waals surface area contributed by atoms with E-state index in [2.05, 4.69) is 5.32 Å². The Labute approximate surface area is 116 Å². The van der Waals surface area contributed by atoms with Gasteiger partial charge in [-0.2, -0.15) is 0 Å². The van der Waals surface area contributed by atoms with Crippen LogP contribution in [0.5, 0.6) is 0 Å². The molecule has 0 radical (unpaired) electrons. The topological polar surface area (TPSA) is 64.4 Å². The standard InChI is InChI=1S/C13H26N2O2.ClH/c1-4-5-12(2,14)11(16)15-10-13(6-7-13)8-9-17-3;/h4-10,14H2,1-3H3,(H,15,16);1H. The summed E-state index contributed by atoms with van der Waals surface area (Å²) in [7, 11) is 1.72. The molecule has 0 spiro atoms. The first-order valence-electron chi connectivity index (χ1n) is 6.52. The van der Waals surface area contributed by atoms with Crippen molar-refractivity contribution in [3.05, 3.63) is 0 Å². The van der Waals surface area contributed by atoms with E-state index in [0.29, 0.717) is 0 Å². The van der Waals surface area contributed by atoms with Crippen LogP contribution in [0.2, 0.25) is 0 Å². The van der Waals surface area contributed by atoms with Gasteiger partial charge in [-0.05, 0) is 38.0 Å². The molecule has 0 heterocycles. The SMILES string of the molecule is CCCC(C)(N)C(=O)NCC1(CCOC)CC1.Cl. The van der Waals surface area contributed by atoms with E-state index in [9.17, 15) is 4.79 Å². The Bertz CT molecular complexity index is 266. The summed E-state index contributed by atoms with van der Waals surface area (Å²) >= 11 is 0. The van der Waals surface area contributed by atoms with Crippen molar-refractivity contribution in [3.63, 3.8) is 0 Å². The van der Waals surface area contributed by atoms with Crippen molar-refractivity contribution in [2.45, 2.75) is 51.5 Å². The molecule has 4 nitrogen and oxygen atoms in total. The summed E-state index contributed by atoms with van der Waals surface area (Å²) in [6.45, 7) is 5.36. The van der Waals surface area contributed by atoms with Crippen molar-refractivity contribution >= 4 is 18.3 Å². The zero-order valence-electron chi connectivity index (χ0n) is 11.8. The third kappa shape index (κ3) is 5.12. The zero-order valence-corrected chi connectivity index (χ0v) is 12.6. The molecular formula is C13H27ClN2O2. The Hall–Kier alpha value is -0.320. The quantitative estimate of drug-likeness (QED) is 0.712. The van der Waals surface area contributed by atoms with Gasteiger partial charge in [-0.1, -0.05) is 13.3 Å². The number of carbonyl (C=O) groups excluding carboxylic acids is 1. The first kappa shape index (κ1) is 17.7. The molecule has 0 aromatic heterocycles. The third-order valence-corrected chi connectivity index (χ3v) is 3.71. The van der Waals surface area contributed by atoms with Gasteiger partial charge in [0.15, 0.2) is 0 Å². The fourth-order valence-electron chi connectivity index (χ4n) is 2.11. The molecule has 1 rings (SSSR count). The lowest BCUT2D eigenvalue weighted by atomic mass is 9.95. The number of amides is 1. The summed E-state index contributed by atoms with van der Waals surface area (Å²) in [5, 5.41) is 3.00. The molecule has 1 atom stereocenters. The lowest BCUT2D eigenvalue weighted by molar-refractivity contribution is -0.126. The zero-order chi connectivity index (χ0) is 12.9. The monoisotopic (exact) mass is 278 g/mol. The minimum absolute atomic E-state index is 0. The summed E-state index contributed by atoms with van der Waals surface area (Å²) < 4.78 is 5.09. The van der Waals surface area contributed by atoms with Crippen LogP contribution in [-0.2, 0) is 9.53 Å². The molecule has 1 unspecified atom stereocenters. The van der Waals surface area contributed by atoms with E-state index in [-0.39, 0.29) is 23.7 Å². The van der Waals surface area contributed by atoms with Crippen LogP contribution in [0.3, 0.4) is 0 Å². The summed E-state index contributed by atoms with van der Waals surface area (Å²) in [4.78, 5) is 11.9. The van der Waals surface area contributed by atoms with Crippen LogP contribution in [0.25, 0.3) is 0 Å². The van der Waals surface area contributed by atoms with Crippen LogP contribution in [0.4, 0.5) is 0 Å². The lowest BCUT2D eigenvalue weighted by Crippen LogP contribution is -2.52. The van der Waals surface area contributed by atoms with E-state index < -0.39 is 5.54 Å². The van der Waals surface area contributed by atoms with Crippen molar-refractivity contribution < 1.29 is 9.53 Å². The average molecular weight is 279 g/mol. The van der Waals surface area contributed by atoms with Gasteiger partial charge >= 0.3 is 0 Å². The van der Waals surface area contributed by atoms with Crippen molar-refractivity contribution in [1.82, 2.24) is 5.32 Å². The van der Waals surface area contributed by atoms with E-state index in [4.69, 9.17) is 10.5 Å². The highest BCUT2D eigenvalue weighted by atomic mass is 35.5. The second kappa shape index (κ2) is 7.31. The number of methoxy groups -OCH3 is 1. The number of halogens is 1. The first-order valence-corrected chi connectivity index (χ1v) is 6.52. The van der Waals surface area contributed by atoms with Crippen LogP contribution in [0, 0.1) is 5.41 Å². The molecule has 0 aromatic rings. The van der Waals surface area contributed by atoms with Crippen LogP contribution in [0.15, 0.2) is 0 Å². The normalized spacial score (nSPS) is 19.6. The molecule has 108 valence electrons. The smallest absolute Gasteiger partial charge is 0.239 e. The Morgan fingerprint density at radius 1 is 1.50 bits per heavy atom. The van der Waals surface area contributed by atoms with Gasteiger partial charge in [0.1, 0.15) is 0 Å². The Balaban J connectivity index is 0.00000289. The van der Waals surface area contributed by atoms with E-state index in [1.165, 1.54) is 12.8 Å². The number of carbonyl (C=O) groups is 1. The molecule has 1 amide bonds. The number of nitrogens with two attached hydrogens (primary N) is 1. The molecule has 0 aliphatic heterocycles. The number of rotatable bonds is 8. The fourth-order valence-corrected chi connectivity index (χ4v) is 2.11. The maximum atomic E-state index is 11.9. The molecule has 1 fully saturated rings. The molecule has 0 aromatic carbocycles. The van der Waals surface area contributed by atoms with Crippen molar-refractivity contribution in [3.8, 4) is 0 Å². The molecule has 0 saturated heterocycles. The molecule has 1 aliphatic carbocycles. The van der Waals surface area contributed by atoms with Gasteiger partial charge in [0.25, 0.3) is 0 Å². The van der Waals surface area contributed by atoms with Crippen molar-refractivity contribution in [1.29, 1.82) is 0 Å². The number of hydrogen-bond acceptors (Lipinski definition) is 3. The maximum absolute atomic E-state index is 11.9. The number of nitrogens with one attached hydrogen (secondary N) is 1. The highest BCUT2D eigenvalue weighted by Crippen LogP contribution is 2.48. The number of hydrogen-bond donors (Lipinski definition) is 2. The van der Waals surface area contributed by atoms with Gasteiger partial charge in [0, 0.05) is 20.3 Å². The van der Waals surface area contributed by atoms with Crippen molar-refractivity contribution in [2.24, 2.45) is 11.1 Å². The average Bonchev–Trinajstić information content (AvgIpc) is 3.04. The molecular weight excluding hydrogens is 252 g/mol. The summed E-state index contributed by atoms with van der Waals surface area (Å²) in [6, 6.07) is 0. The largest absolute Gasteiger partial charge is 0.385 e. The predicted octanol–water partition coefficient (Wildman–Crippen LogP) is 1.86. The van der Waals surface area contributed by atoms with Crippen LogP contribution in [0.1, 0.15) is 46.0 Å². The Morgan fingerprint density at radius 2 is 2.11 bits per heavy atom. The second-order valence-electron chi connectivity index (χ2n) is 5.59. The Kier molecular flexibility index (Phi) is 7.18. The third-order valence-electron chi connectivity index (χ3n) is 3.71. The highest BCUT2D eigenvalue weighted by molar-refractivity contribution is 5.85. The second-order valence-corrected chi connectivity index (χ2v) is 5.59. The van der Waals surface area contributed by atoms with Gasteiger partial charge in [0.2, 0.25) is 5.91 Å². The van der Waals surface area contributed by atoms with E-state index >= 15 is 0 Å². The summed E-state index contributed by atoms with van der Waals surface area (Å²) in [5.74, 6) is -0.0250. The first-order chi connectivity index (χ1) is 7.96. The highest BCUT2D eigenvalue weighted by Gasteiger charge is 2.42. The molecule has 3 N–H and O–H groups in total. The molecule has 5 heteroatoms. The van der Waals surface area contributed by atoms with Crippen LogP contribution < -0.4 is 11.1 Å². The van der Waals surface area contributed by atoms with Crippen LogP contribution in [-0.4, -0.2) is 31.7 Å². The van der Waals surface area contributed by atoms with E-state index in [0.717, 1.165) is 32.4 Å². The predicted molar refractivity (Wildman–Crippen MR) is 75.9 cm³/mol. The van der Waals surface area contributed by atoms with Crippen LogP contribution >= 0.6 is 12.4 Å². The van der Waals surface area contributed by atoms with E-state index in [1.807, 2.05) is 6.92 Å². The minimum atomic E-state index is -0.730. The molecule has 1 aliphatic rings. The van der Waals surface area contributed by atoms with Crippen molar-refractivity contribution in [2.75, 3.05) is 20.3 Å². The van der Waals surface area contributed by atoms with E-state index in [1.54, 1.807) is 14.0 Å². The fraction of sp³-hybridized carbons (Fsp3) is 0.923. The summed E-state index contributed by atoms with van der Waals surface area (Å²) in [5.41, 5.74) is 5.54. The Morgan fingerprint density at radius 3 is 2.56 bits per heavy atom. The van der Waals surface area contributed by atoms with Gasteiger partial charge in [0.05, 0.1) is 5.54 Å². The van der Waals surface area contributed by atoms with Gasteiger partial charge in [-0.3, -0.25) is 4.79 Å². The molecule has 1 saturated carbocycles. The van der Waals surface area contributed by atoms with Gasteiger partial charge < -0.3 is 15.8 Å². The van der Waals surface area contributed by atoms with Gasteiger partial charge in [-0.25, -0.2) is 0 Å². The molecule has 18 heavy (non-hydrogen) atoms. The van der Waals surface area contributed by atoms with Gasteiger partial charge in [-0.15, -0.1) is 12.4 Å². The lowest BCUT2D eigenvalue weighted by Gasteiger charge is -2.24. The molecule has 0 bridgehead atoms.